The summed E-state index contributed by atoms with van der Waals surface area (Å²) in [4.78, 5) is 0. The van der Waals surface area contributed by atoms with Gasteiger partial charge in [0.2, 0.25) is 0 Å². The number of hydrogen-bond acceptors (Lipinski definition) is 2. The first-order chi connectivity index (χ1) is 14.8. The molecule has 0 unspecified atom stereocenters. The van der Waals surface area contributed by atoms with Crippen LogP contribution in [-0.2, 0) is 0 Å². The summed E-state index contributed by atoms with van der Waals surface area (Å²) in [7, 11) is 0. The Kier molecular flexibility index (Phi) is 7.01. The van der Waals surface area contributed by atoms with Gasteiger partial charge in [-0.3, -0.25) is 0 Å². The van der Waals surface area contributed by atoms with Crippen molar-refractivity contribution in [1.29, 1.82) is 0 Å². The maximum Gasteiger partial charge on any atom is 0.0577 e. The lowest BCUT2D eigenvalue weighted by Crippen LogP contribution is -2.53. The number of aliphatic hydroxyl groups excluding tert-OH is 2. The third kappa shape index (κ3) is 3.96. The molecule has 0 aromatic carbocycles. The molecule has 0 aromatic rings. The van der Waals surface area contributed by atoms with Crippen LogP contribution in [0.1, 0.15) is 105 Å². The Bertz CT molecular complexity index is 653. The molecule has 3 saturated carbocycles. The van der Waals surface area contributed by atoms with Gasteiger partial charge in [-0.2, -0.15) is 0 Å². The Hall–Kier alpha value is -0.340. The van der Waals surface area contributed by atoms with E-state index in [9.17, 15) is 10.2 Å². The Morgan fingerprint density at radius 3 is 2.48 bits per heavy atom. The average molecular weight is 431 g/mol. The first-order valence-electron chi connectivity index (χ1n) is 13.7. The summed E-state index contributed by atoms with van der Waals surface area (Å²) < 4.78 is 0. The van der Waals surface area contributed by atoms with Crippen LogP contribution in [0.2, 0.25) is 0 Å². The highest BCUT2D eigenvalue weighted by Gasteiger charge is 2.60. The van der Waals surface area contributed by atoms with E-state index in [1.165, 1.54) is 56.9 Å². The number of rotatable bonds is 7. The highest BCUT2D eigenvalue weighted by molar-refractivity contribution is 5.26. The molecule has 31 heavy (non-hydrogen) atoms. The molecular weight excluding hydrogens is 380 g/mol. The summed E-state index contributed by atoms with van der Waals surface area (Å²) in [5.74, 6) is 5.64. The van der Waals surface area contributed by atoms with E-state index in [2.05, 4.69) is 40.7 Å². The Balaban J connectivity index is 1.50. The number of hydrogen-bond donors (Lipinski definition) is 2. The lowest BCUT2D eigenvalue weighted by molar-refractivity contribution is -0.0797. The molecule has 0 bridgehead atoms. The van der Waals surface area contributed by atoms with Crippen LogP contribution in [0.15, 0.2) is 11.6 Å². The van der Waals surface area contributed by atoms with Crippen molar-refractivity contribution in [2.75, 3.05) is 6.61 Å². The van der Waals surface area contributed by atoms with Gasteiger partial charge in [0, 0.05) is 5.41 Å². The van der Waals surface area contributed by atoms with Crippen LogP contribution in [0.4, 0.5) is 0 Å². The Labute approximate surface area is 192 Å². The van der Waals surface area contributed by atoms with Crippen LogP contribution in [0.3, 0.4) is 0 Å². The van der Waals surface area contributed by atoms with Crippen LogP contribution >= 0.6 is 0 Å². The molecule has 0 radical (unpaired) electrons. The van der Waals surface area contributed by atoms with Gasteiger partial charge in [-0.1, -0.05) is 59.1 Å². The number of fused-ring (bicyclic) bond motifs is 5. The minimum atomic E-state index is -0.189. The highest BCUT2D eigenvalue weighted by Crippen LogP contribution is 2.67. The van der Waals surface area contributed by atoms with Crippen LogP contribution < -0.4 is 0 Å². The van der Waals surface area contributed by atoms with Crippen molar-refractivity contribution >= 4 is 0 Å². The minimum absolute atomic E-state index is 0.0151. The Morgan fingerprint density at radius 1 is 1.03 bits per heavy atom. The van der Waals surface area contributed by atoms with Gasteiger partial charge >= 0.3 is 0 Å². The molecular formula is C29H50O2. The van der Waals surface area contributed by atoms with Crippen molar-refractivity contribution in [3.05, 3.63) is 11.6 Å². The van der Waals surface area contributed by atoms with Crippen molar-refractivity contribution in [2.24, 2.45) is 52.3 Å². The molecule has 2 N–H and O–H groups in total. The van der Waals surface area contributed by atoms with Gasteiger partial charge in [0.25, 0.3) is 0 Å². The quantitative estimate of drug-likeness (QED) is 0.427. The summed E-state index contributed by atoms with van der Waals surface area (Å²) in [5, 5.41) is 20.9. The molecule has 0 aliphatic heterocycles. The van der Waals surface area contributed by atoms with Crippen molar-refractivity contribution < 1.29 is 10.2 Å². The number of allylic oxidation sites excluding steroid dienone is 1. The molecule has 4 aliphatic rings. The van der Waals surface area contributed by atoms with Gasteiger partial charge < -0.3 is 10.2 Å². The fourth-order valence-electron chi connectivity index (χ4n) is 9.39. The lowest BCUT2D eigenvalue weighted by Gasteiger charge is -2.59. The van der Waals surface area contributed by atoms with Crippen molar-refractivity contribution in [3.8, 4) is 0 Å². The van der Waals surface area contributed by atoms with Gasteiger partial charge in [-0.15, -0.1) is 0 Å². The van der Waals surface area contributed by atoms with Crippen LogP contribution in [-0.4, -0.2) is 22.9 Å². The normalized spacial score (nSPS) is 44.3. The molecule has 4 aliphatic carbocycles. The van der Waals surface area contributed by atoms with Crippen LogP contribution in [0.25, 0.3) is 0 Å². The second-order valence-electron chi connectivity index (χ2n) is 12.7. The third-order valence-corrected chi connectivity index (χ3v) is 11.3. The molecule has 0 spiro atoms. The fourth-order valence-corrected chi connectivity index (χ4v) is 9.39. The lowest BCUT2D eigenvalue weighted by atomic mass is 9.46. The summed E-state index contributed by atoms with van der Waals surface area (Å²) >= 11 is 0. The third-order valence-electron chi connectivity index (χ3n) is 11.3. The molecule has 3 fully saturated rings. The van der Waals surface area contributed by atoms with Gasteiger partial charge in [0.05, 0.1) is 12.7 Å². The second kappa shape index (κ2) is 9.13. The zero-order chi connectivity index (χ0) is 22.4. The second-order valence-corrected chi connectivity index (χ2v) is 12.7. The zero-order valence-electron chi connectivity index (χ0n) is 21.1. The maximum absolute atomic E-state index is 10.6. The molecule has 2 heteroatoms. The summed E-state index contributed by atoms with van der Waals surface area (Å²) in [6.07, 6.45) is 15.7. The van der Waals surface area contributed by atoms with E-state index < -0.39 is 0 Å². The van der Waals surface area contributed by atoms with Gasteiger partial charge in [0.1, 0.15) is 0 Å². The standard InChI is InChI=1S/C29H50O2/c1-6-21(19(2)3)8-7-20(4)25-11-12-26-24-10-9-22-17-23(31)13-16-29(22,18-30)27(24)14-15-28(25,26)5/h9,19-21,23-27,30-31H,6-8,10-18H2,1-5H3/t20-,21-,23+,24+,25-,26+,27-,28-,29-/m1/s1. The van der Waals surface area contributed by atoms with E-state index in [0.717, 1.165) is 54.8 Å². The first kappa shape index (κ1) is 23.8. The van der Waals surface area contributed by atoms with Crippen molar-refractivity contribution in [2.45, 2.75) is 111 Å². The Morgan fingerprint density at radius 2 is 1.81 bits per heavy atom. The molecule has 4 rings (SSSR count). The average Bonchev–Trinajstić information content (AvgIpc) is 3.10. The summed E-state index contributed by atoms with van der Waals surface area (Å²) in [5.41, 5.74) is 1.88. The topological polar surface area (TPSA) is 40.5 Å². The number of aliphatic hydroxyl groups is 2. The highest BCUT2D eigenvalue weighted by atomic mass is 16.3. The van der Waals surface area contributed by atoms with Crippen molar-refractivity contribution in [3.63, 3.8) is 0 Å². The predicted molar refractivity (Wildman–Crippen MR) is 130 cm³/mol. The molecule has 0 amide bonds. The van der Waals surface area contributed by atoms with Crippen molar-refractivity contribution in [1.82, 2.24) is 0 Å². The molecule has 0 heterocycles. The van der Waals surface area contributed by atoms with E-state index in [1.54, 1.807) is 0 Å². The van der Waals surface area contributed by atoms with E-state index in [4.69, 9.17) is 0 Å². The first-order valence-corrected chi connectivity index (χ1v) is 13.7. The van der Waals surface area contributed by atoms with E-state index >= 15 is 0 Å². The van der Waals surface area contributed by atoms with Crippen LogP contribution in [0.5, 0.6) is 0 Å². The smallest absolute Gasteiger partial charge is 0.0577 e. The van der Waals surface area contributed by atoms with Crippen LogP contribution in [0, 0.1) is 52.3 Å². The summed E-state index contributed by atoms with van der Waals surface area (Å²) in [6.45, 7) is 12.7. The molecule has 0 aromatic heterocycles. The summed E-state index contributed by atoms with van der Waals surface area (Å²) in [6, 6.07) is 0. The van der Waals surface area contributed by atoms with E-state index in [0.29, 0.717) is 17.9 Å². The zero-order valence-corrected chi connectivity index (χ0v) is 21.1. The molecule has 9 atom stereocenters. The van der Waals surface area contributed by atoms with Gasteiger partial charge in [-0.25, -0.2) is 0 Å². The maximum atomic E-state index is 10.6. The van der Waals surface area contributed by atoms with Gasteiger partial charge in [-0.05, 0) is 105 Å². The molecule has 2 nitrogen and oxygen atoms in total. The fraction of sp³-hybridized carbons (Fsp3) is 0.931. The van der Waals surface area contributed by atoms with E-state index in [-0.39, 0.29) is 11.5 Å². The van der Waals surface area contributed by atoms with Gasteiger partial charge in [0.15, 0.2) is 0 Å². The monoisotopic (exact) mass is 430 g/mol. The predicted octanol–water partition coefficient (Wildman–Crippen LogP) is 7.00. The molecule has 0 saturated heterocycles. The minimum Gasteiger partial charge on any atom is -0.395 e. The largest absolute Gasteiger partial charge is 0.395 e. The van der Waals surface area contributed by atoms with E-state index in [1.807, 2.05) is 0 Å². The SMILES string of the molecule is CC[C@H](CC[C@@H](C)[C@H]1CC[C@H]2[C@@H]3CC=C4C[C@@H](O)CC[C@]4(CO)[C@@H]3CC[C@]12C)C(C)C. The molecule has 178 valence electrons.